The average Bonchev–Trinajstić information content (AvgIpc) is 3.18. The Hall–Kier alpha value is -2.40. The van der Waals surface area contributed by atoms with E-state index in [1.54, 1.807) is 0 Å². The van der Waals surface area contributed by atoms with Crippen molar-refractivity contribution in [2.24, 2.45) is 0 Å². The summed E-state index contributed by atoms with van der Waals surface area (Å²) in [7, 11) is 4.24. The lowest BCUT2D eigenvalue weighted by Gasteiger charge is -2.35. The minimum Gasteiger partial charge on any atom is -0.370 e. The molecule has 1 fully saturated rings. The molecule has 1 atom stereocenters. The van der Waals surface area contributed by atoms with Crippen molar-refractivity contribution in [1.29, 1.82) is 0 Å². The molecule has 3 heterocycles. The molecule has 5 nitrogen and oxygen atoms in total. The maximum atomic E-state index is 4.74. The van der Waals surface area contributed by atoms with Crippen molar-refractivity contribution in [3.8, 4) is 0 Å². The van der Waals surface area contributed by atoms with E-state index in [2.05, 4.69) is 71.7 Å². The fraction of sp³-hybridized carbons (Fsp3) is 0.478. The Kier molecular flexibility index (Phi) is 5.36. The van der Waals surface area contributed by atoms with Gasteiger partial charge in [0, 0.05) is 61.8 Å². The van der Waals surface area contributed by atoms with E-state index in [0.29, 0.717) is 5.92 Å². The lowest BCUT2D eigenvalue weighted by atomic mass is 9.95. The van der Waals surface area contributed by atoms with Crippen LogP contribution in [0.3, 0.4) is 0 Å². The number of nitrogens with zero attached hydrogens (tertiary/aromatic N) is 5. The van der Waals surface area contributed by atoms with Crippen LogP contribution >= 0.6 is 0 Å². The Morgan fingerprint density at radius 2 is 1.96 bits per heavy atom. The number of piperidine rings is 1. The van der Waals surface area contributed by atoms with Gasteiger partial charge in [-0.2, -0.15) is 0 Å². The predicted molar refractivity (Wildman–Crippen MR) is 116 cm³/mol. The molecule has 3 aromatic rings. The third-order valence-electron chi connectivity index (χ3n) is 6.08. The van der Waals surface area contributed by atoms with Crippen molar-refractivity contribution in [2.75, 3.05) is 38.6 Å². The number of fused-ring (bicyclic) bond motifs is 1. The van der Waals surface area contributed by atoms with Crippen molar-refractivity contribution >= 4 is 16.6 Å². The number of aromatic nitrogens is 3. The van der Waals surface area contributed by atoms with Crippen LogP contribution in [0, 0.1) is 13.8 Å². The Morgan fingerprint density at radius 3 is 2.79 bits per heavy atom. The molecule has 0 spiro atoms. The second-order valence-electron chi connectivity index (χ2n) is 8.30. The molecule has 1 saturated heterocycles. The second kappa shape index (κ2) is 7.92. The first-order valence-electron chi connectivity index (χ1n) is 10.3. The summed E-state index contributed by atoms with van der Waals surface area (Å²) in [5, 5.41) is 1.27. The first-order valence-corrected chi connectivity index (χ1v) is 10.3. The summed E-state index contributed by atoms with van der Waals surface area (Å²) in [4.78, 5) is 14.2. The van der Waals surface area contributed by atoms with Crippen molar-refractivity contribution in [3.63, 3.8) is 0 Å². The number of hydrogen-bond acceptors (Lipinski definition) is 4. The molecule has 1 aliphatic rings. The first-order chi connectivity index (χ1) is 13.5. The van der Waals surface area contributed by atoms with Crippen LogP contribution in [-0.4, -0.2) is 53.2 Å². The third kappa shape index (κ3) is 3.63. The standard InChI is InChI=1S/C23H31N5/c1-17-7-8-20-21(9-10-24-22(20)18(17)2)28-12-5-6-19(16-28)23-25-11-13-27(23)15-14-26(3)4/h7-11,13,19H,5-6,12,14-16H2,1-4H3. The molecule has 0 bridgehead atoms. The Labute approximate surface area is 168 Å². The highest BCUT2D eigenvalue weighted by molar-refractivity contribution is 5.94. The number of anilines is 1. The van der Waals surface area contributed by atoms with Gasteiger partial charge in [0.1, 0.15) is 5.82 Å². The van der Waals surface area contributed by atoms with E-state index in [4.69, 9.17) is 4.98 Å². The highest BCUT2D eigenvalue weighted by atomic mass is 15.2. The zero-order chi connectivity index (χ0) is 19.7. The lowest BCUT2D eigenvalue weighted by Crippen LogP contribution is -2.35. The van der Waals surface area contributed by atoms with Gasteiger partial charge in [0.25, 0.3) is 0 Å². The molecule has 148 valence electrons. The van der Waals surface area contributed by atoms with Crippen molar-refractivity contribution in [2.45, 2.75) is 39.2 Å². The minimum absolute atomic E-state index is 0.473. The molecular weight excluding hydrogens is 346 g/mol. The minimum atomic E-state index is 0.473. The lowest BCUT2D eigenvalue weighted by molar-refractivity contribution is 0.373. The van der Waals surface area contributed by atoms with Gasteiger partial charge in [0.2, 0.25) is 0 Å². The largest absolute Gasteiger partial charge is 0.370 e. The zero-order valence-electron chi connectivity index (χ0n) is 17.5. The van der Waals surface area contributed by atoms with Crippen LogP contribution in [0.25, 0.3) is 10.9 Å². The first kappa shape index (κ1) is 18.9. The fourth-order valence-electron chi connectivity index (χ4n) is 4.31. The van der Waals surface area contributed by atoms with Gasteiger partial charge in [-0.05, 0) is 58.0 Å². The van der Waals surface area contributed by atoms with Crippen LogP contribution in [0.1, 0.15) is 35.7 Å². The molecule has 5 heteroatoms. The molecule has 0 amide bonds. The van der Waals surface area contributed by atoms with Gasteiger partial charge in [-0.3, -0.25) is 4.98 Å². The number of pyridine rings is 1. The second-order valence-corrected chi connectivity index (χ2v) is 8.30. The molecule has 1 aromatic carbocycles. The molecule has 0 N–H and O–H groups in total. The number of likely N-dealkylation sites (N-methyl/N-ethyl adjacent to an activating group) is 1. The summed E-state index contributed by atoms with van der Waals surface area (Å²) in [5.74, 6) is 1.71. The summed E-state index contributed by atoms with van der Waals surface area (Å²) in [6.45, 7) is 8.48. The summed E-state index contributed by atoms with van der Waals surface area (Å²) in [6, 6.07) is 6.64. The van der Waals surface area contributed by atoms with Crippen LogP contribution in [0.2, 0.25) is 0 Å². The average molecular weight is 378 g/mol. The monoisotopic (exact) mass is 377 g/mol. The summed E-state index contributed by atoms with van der Waals surface area (Å²) >= 11 is 0. The van der Waals surface area contributed by atoms with E-state index in [1.807, 2.05) is 12.4 Å². The van der Waals surface area contributed by atoms with E-state index in [9.17, 15) is 0 Å². The number of benzene rings is 1. The van der Waals surface area contributed by atoms with Gasteiger partial charge in [-0.25, -0.2) is 4.98 Å². The smallest absolute Gasteiger partial charge is 0.113 e. The van der Waals surface area contributed by atoms with Gasteiger partial charge in [0.15, 0.2) is 0 Å². The molecule has 28 heavy (non-hydrogen) atoms. The quantitative estimate of drug-likeness (QED) is 0.674. The van der Waals surface area contributed by atoms with Crippen LogP contribution in [-0.2, 0) is 6.54 Å². The number of hydrogen-bond donors (Lipinski definition) is 0. The van der Waals surface area contributed by atoms with Crippen LogP contribution in [0.4, 0.5) is 5.69 Å². The zero-order valence-corrected chi connectivity index (χ0v) is 17.5. The van der Waals surface area contributed by atoms with Gasteiger partial charge < -0.3 is 14.4 Å². The fourth-order valence-corrected chi connectivity index (χ4v) is 4.31. The van der Waals surface area contributed by atoms with Gasteiger partial charge in [0.05, 0.1) is 5.52 Å². The number of rotatable bonds is 5. The van der Waals surface area contributed by atoms with E-state index in [-0.39, 0.29) is 0 Å². The maximum Gasteiger partial charge on any atom is 0.113 e. The highest BCUT2D eigenvalue weighted by Gasteiger charge is 2.26. The van der Waals surface area contributed by atoms with Crippen LogP contribution in [0.5, 0.6) is 0 Å². The van der Waals surface area contributed by atoms with Crippen LogP contribution < -0.4 is 4.90 Å². The topological polar surface area (TPSA) is 37.2 Å². The molecule has 4 rings (SSSR count). The maximum absolute atomic E-state index is 4.74. The van der Waals surface area contributed by atoms with E-state index in [1.165, 1.54) is 40.9 Å². The number of imidazole rings is 1. The third-order valence-corrected chi connectivity index (χ3v) is 6.08. The van der Waals surface area contributed by atoms with Crippen LogP contribution in [0.15, 0.2) is 36.8 Å². The SMILES string of the molecule is Cc1ccc2c(N3CCCC(c4nccn4CCN(C)C)C3)ccnc2c1C. The normalized spacial score (nSPS) is 17.6. The summed E-state index contributed by atoms with van der Waals surface area (Å²) in [5.41, 5.74) is 5.03. The summed E-state index contributed by atoms with van der Waals surface area (Å²) < 4.78 is 2.34. The molecule has 1 aliphatic heterocycles. The van der Waals surface area contributed by atoms with E-state index in [0.717, 1.165) is 31.7 Å². The van der Waals surface area contributed by atoms with Crippen molar-refractivity contribution in [3.05, 3.63) is 53.7 Å². The molecule has 0 aliphatic carbocycles. The molecular formula is C23H31N5. The van der Waals surface area contributed by atoms with Gasteiger partial charge in [-0.15, -0.1) is 0 Å². The van der Waals surface area contributed by atoms with E-state index >= 15 is 0 Å². The summed E-state index contributed by atoms with van der Waals surface area (Å²) in [6.07, 6.45) is 8.45. The highest BCUT2D eigenvalue weighted by Crippen LogP contribution is 2.34. The molecule has 0 radical (unpaired) electrons. The van der Waals surface area contributed by atoms with Crippen molar-refractivity contribution in [1.82, 2.24) is 19.4 Å². The Balaban J connectivity index is 1.61. The Bertz CT molecular complexity index is 959. The number of aryl methyl sites for hydroxylation is 2. The van der Waals surface area contributed by atoms with Gasteiger partial charge in [-0.1, -0.05) is 12.1 Å². The van der Waals surface area contributed by atoms with E-state index < -0.39 is 0 Å². The Morgan fingerprint density at radius 1 is 1.11 bits per heavy atom. The van der Waals surface area contributed by atoms with Gasteiger partial charge >= 0.3 is 0 Å². The molecule has 1 unspecified atom stereocenters. The molecule has 0 saturated carbocycles. The predicted octanol–water partition coefficient (Wildman–Crippen LogP) is 3.99. The van der Waals surface area contributed by atoms with Crippen molar-refractivity contribution < 1.29 is 0 Å². The molecule has 2 aromatic heterocycles.